The third-order valence-corrected chi connectivity index (χ3v) is 2.36. The van der Waals surface area contributed by atoms with E-state index < -0.39 is 0 Å². The van der Waals surface area contributed by atoms with Crippen molar-refractivity contribution in [3.8, 4) is 5.75 Å². The Labute approximate surface area is 85.0 Å². The van der Waals surface area contributed by atoms with Crippen molar-refractivity contribution in [1.82, 2.24) is 0 Å². The summed E-state index contributed by atoms with van der Waals surface area (Å²) in [5.41, 5.74) is 12.4. The first kappa shape index (κ1) is 11.0. The molecule has 78 valence electrons. The van der Waals surface area contributed by atoms with Crippen molar-refractivity contribution in [2.24, 2.45) is 11.5 Å². The van der Waals surface area contributed by atoms with Crippen molar-refractivity contribution in [2.75, 3.05) is 20.2 Å². The smallest absolute Gasteiger partial charge is 0.119 e. The Hall–Kier alpha value is -1.06. The SMILES string of the molecule is COc1cccc(C(CN)CCN)c1. The van der Waals surface area contributed by atoms with Gasteiger partial charge in [0.15, 0.2) is 0 Å². The largest absolute Gasteiger partial charge is 0.497 e. The van der Waals surface area contributed by atoms with Crippen LogP contribution in [0.15, 0.2) is 24.3 Å². The van der Waals surface area contributed by atoms with E-state index in [2.05, 4.69) is 6.07 Å². The molecule has 0 aliphatic rings. The highest BCUT2D eigenvalue weighted by Crippen LogP contribution is 2.22. The van der Waals surface area contributed by atoms with E-state index in [0.29, 0.717) is 19.0 Å². The topological polar surface area (TPSA) is 61.3 Å². The summed E-state index contributed by atoms with van der Waals surface area (Å²) in [6, 6.07) is 8.00. The molecule has 3 heteroatoms. The average Bonchev–Trinajstić information content (AvgIpc) is 2.26. The van der Waals surface area contributed by atoms with Crippen LogP contribution < -0.4 is 16.2 Å². The molecule has 1 aromatic rings. The van der Waals surface area contributed by atoms with Gasteiger partial charge in [0, 0.05) is 0 Å². The van der Waals surface area contributed by atoms with Crippen LogP contribution in [0.4, 0.5) is 0 Å². The maximum absolute atomic E-state index is 5.69. The highest BCUT2D eigenvalue weighted by molar-refractivity contribution is 5.31. The molecule has 0 spiro atoms. The zero-order chi connectivity index (χ0) is 10.4. The molecule has 1 unspecified atom stereocenters. The van der Waals surface area contributed by atoms with Crippen molar-refractivity contribution in [3.63, 3.8) is 0 Å². The summed E-state index contributed by atoms with van der Waals surface area (Å²) < 4.78 is 5.16. The van der Waals surface area contributed by atoms with Crippen LogP contribution in [0.5, 0.6) is 5.75 Å². The van der Waals surface area contributed by atoms with Crippen LogP contribution in [-0.4, -0.2) is 20.2 Å². The number of benzene rings is 1. The normalized spacial score (nSPS) is 12.5. The van der Waals surface area contributed by atoms with Gasteiger partial charge in [0.25, 0.3) is 0 Å². The molecule has 0 amide bonds. The molecule has 4 N–H and O–H groups in total. The molecule has 1 atom stereocenters. The van der Waals surface area contributed by atoms with Gasteiger partial charge in [-0.25, -0.2) is 0 Å². The van der Waals surface area contributed by atoms with Crippen LogP contribution in [0.3, 0.4) is 0 Å². The lowest BCUT2D eigenvalue weighted by Crippen LogP contribution is -2.16. The first-order valence-electron chi connectivity index (χ1n) is 4.86. The highest BCUT2D eigenvalue weighted by Gasteiger charge is 2.08. The molecule has 0 aromatic heterocycles. The Balaban J connectivity index is 2.80. The van der Waals surface area contributed by atoms with E-state index >= 15 is 0 Å². The summed E-state index contributed by atoms with van der Waals surface area (Å²) in [7, 11) is 1.67. The molecule has 0 saturated carbocycles. The number of ether oxygens (including phenoxy) is 1. The Bertz CT molecular complexity index is 276. The third kappa shape index (κ3) is 2.72. The lowest BCUT2D eigenvalue weighted by atomic mass is 9.96. The van der Waals surface area contributed by atoms with Gasteiger partial charge in [-0.2, -0.15) is 0 Å². The summed E-state index contributed by atoms with van der Waals surface area (Å²) in [6.45, 7) is 1.30. The molecule has 0 fully saturated rings. The second-order valence-electron chi connectivity index (χ2n) is 3.29. The zero-order valence-corrected chi connectivity index (χ0v) is 8.57. The van der Waals surface area contributed by atoms with Crippen LogP contribution in [-0.2, 0) is 0 Å². The molecule has 1 rings (SSSR count). The monoisotopic (exact) mass is 194 g/mol. The highest BCUT2D eigenvalue weighted by atomic mass is 16.5. The molecule has 1 aromatic carbocycles. The number of rotatable bonds is 5. The first-order valence-corrected chi connectivity index (χ1v) is 4.86. The molecular weight excluding hydrogens is 176 g/mol. The van der Waals surface area contributed by atoms with Gasteiger partial charge >= 0.3 is 0 Å². The Morgan fingerprint density at radius 3 is 2.71 bits per heavy atom. The van der Waals surface area contributed by atoms with Crippen LogP contribution in [0, 0.1) is 0 Å². The Kier molecular flexibility index (Phi) is 4.43. The van der Waals surface area contributed by atoms with Gasteiger partial charge in [-0.15, -0.1) is 0 Å². The van der Waals surface area contributed by atoms with E-state index in [1.165, 1.54) is 5.56 Å². The minimum absolute atomic E-state index is 0.343. The number of hydrogen-bond acceptors (Lipinski definition) is 3. The van der Waals surface area contributed by atoms with Crippen molar-refractivity contribution >= 4 is 0 Å². The lowest BCUT2D eigenvalue weighted by molar-refractivity contribution is 0.413. The van der Waals surface area contributed by atoms with Gasteiger partial charge in [0.2, 0.25) is 0 Å². The molecule has 0 radical (unpaired) electrons. The lowest BCUT2D eigenvalue weighted by Gasteiger charge is -2.14. The number of hydrogen-bond donors (Lipinski definition) is 2. The summed E-state index contributed by atoms with van der Waals surface area (Å²) in [4.78, 5) is 0. The predicted molar refractivity (Wildman–Crippen MR) is 58.5 cm³/mol. The molecule has 0 aliphatic heterocycles. The van der Waals surface area contributed by atoms with Gasteiger partial charge in [-0.1, -0.05) is 12.1 Å². The van der Waals surface area contributed by atoms with E-state index in [9.17, 15) is 0 Å². The van der Waals surface area contributed by atoms with E-state index in [1.54, 1.807) is 7.11 Å². The van der Waals surface area contributed by atoms with Crippen molar-refractivity contribution < 1.29 is 4.74 Å². The zero-order valence-electron chi connectivity index (χ0n) is 8.57. The van der Waals surface area contributed by atoms with Gasteiger partial charge in [0.1, 0.15) is 5.75 Å². The van der Waals surface area contributed by atoms with E-state index in [0.717, 1.165) is 12.2 Å². The second-order valence-corrected chi connectivity index (χ2v) is 3.29. The first-order chi connectivity index (χ1) is 6.81. The fourth-order valence-corrected chi connectivity index (χ4v) is 1.52. The molecular formula is C11H18N2O. The molecule has 0 heterocycles. The van der Waals surface area contributed by atoms with Gasteiger partial charge < -0.3 is 16.2 Å². The van der Waals surface area contributed by atoms with Gasteiger partial charge in [0.05, 0.1) is 7.11 Å². The average molecular weight is 194 g/mol. The Morgan fingerprint density at radius 1 is 1.36 bits per heavy atom. The van der Waals surface area contributed by atoms with Crippen LogP contribution in [0.2, 0.25) is 0 Å². The summed E-state index contributed by atoms with van der Waals surface area (Å²) in [5, 5.41) is 0. The number of nitrogens with two attached hydrogens (primary N) is 2. The fraction of sp³-hybridized carbons (Fsp3) is 0.455. The Morgan fingerprint density at radius 2 is 2.14 bits per heavy atom. The molecule has 14 heavy (non-hydrogen) atoms. The van der Waals surface area contributed by atoms with Crippen LogP contribution in [0.25, 0.3) is 0 Å². The van der Waals surface area contributed by atoms with Crippen LogP contribution >= 0.6 is 0 Å². The van der Waals surface area contributed by atoms with Gasteiger partial charge in [-0.05, 0) is 43.1 Å². The van der Waals surface area contributed by atoms with E-state index in [1.807, 2.05) is 18.2 Å². The van der Waals surface area contributed by atoms with Crippen molar-refractivity contribution in [1.29, 1.82) is 0 Å². The summed E-state index contributed by atoms with van der Waals surface area (Å²) in [5.74, 6) is 1.22. The molecule has 0 bridgehead atoms. The number of methoxy groups -OCH3 is 1. The van der Waals surface area contributed by atoms with E-state index in [-0.39, 0.29) is 0 Å². The fourth-order valence-electron chi connectivity index (χ4n) is 1.52. The minimum atomic E-state index is 0.343. The quantitative estimate of drug-likeness (QED) is 0.737. The molecule has 0 saturated heterocycles. The second kappa shape index (κ2) is 5.62. The van der Waals surface area contributed by atoms with Gasteiger partial charge in [-0.3, -0.25) is 0 Å². The summed E-state index contributed by atoms with van der Waals surface area (Å²) in [6.07, 6.45) is 0.920. The third-order valence-electron chi connectivity index (χ3n) is 2.36. The maximum atomic E-state index is 5.69. The van der Waals surface area contributed by atoms with Crippen molar-refractivity contribution in [2.45, 2.75) is 12.3 Å². The van der Waals surface area contributed by atoms with Crippen LogP contribution in [0.1, 0.15) is 17.9 Å². The van der Waals surface area contributed by atoms with Crippen molar-refractivity contribution in [3.05, 3.63) is 29.8 Å². The standard InChI is InChI=1S/C11H18N2O/c1-14-11-4-2-3-9(7-11)10(8-13)5-6-12/h2-4,7,10H,5-6,8,12-13H2,1H3. The predicted octanol–water partition coefficient (Wildman–Crippen LogP) is 1.09. The maximum Gasteiger partial charge on any atom is 0.119 e. The molecule has 3 nitrogen and oxygen atoms in total. The van der Waals surface area contributed by atoms with E-state index in [4.69, 9.17) is 16.2 Å². The summed E-state index contributed by atoms with van der Waals surface area (Å²) >= 11 is 0. The minimum Gasteiger partial charge on any atom is -0.497 e. The molecule has 0 aliphatic carbocycles.